The second kappa shape index (κ2) is 4.73. The lowest BCUT2D eigenvalue weighted by Gasteiger charge is -2.30. The minimum absolute atomic E-state index is 0.656. The first kappa shape index (κ1) is 11.1. The van der Waals surface area contributed by atoms with Crippen molar-refractivity contribution in [3.63, 3.8) is 0 Å². The Morgan fingerprint density at radius 3 is 2.61 bits per heavy atom. The van der Waals surface area contributed by atoms with Crippen molar-refractivity contribution in [1.82, 2.24) is 0 Å². The van der Waals surface area contributed by atoms with Crippen LogP contribution in [-0.4, -0.2) is 13.7 Å². The van der Waals surface area contributed by atoms with Gasteiger partial charge < -0.3 is 10.1 Å². The molecule has 1 atom stereocenters. The Bertz CT molecular complexity index is 533. The zero-order valence-corrected chi connectivity index (χ0v) is 10.5. The highest BCUT2D eigenvalue weighted by atomic mass is 16.5. The number of hydrogen-bond donors (Lipinski definition) is 1. The highest BCUT2D eigenvalue weighted by Crippen LogP contribution is 2.34. The fraction of sp³-hybridized carbons (Fsp3) is 0.250. The standard InChI is InChI=1S/C16H17NO/c1-18-15-8-6-14(7-9-15)17-11-13-10-12-4-2-3-5-16(12)13/h2-9,13,17H,10-11H2,1H3. The molecule has 1 aliphatic rings. The molecule has 1 N–H and O–H groups in total. The van der Waals surface area contributed by atoms with E-state index in [9.17, 15) is 0 Å². The normalized spacial score (nSPS) is 16.6. The molecule has 2 nitrogen and oxygen atoms in total. The van der Waals surface area contributed by atoms with E-state index in [1.54, 1.807) is 7.11 Å². The van der Waals surface area contributed by atoms with Crippen molar-refractivity contribution in [3.8, 4) is 5.75 Å². The van der Waals surface area contributed by atoms with Crippen molar-refractivity contribution >= 4 is 5.69 Å². The Hall–Kier alpha value is -1.96. The Balaban J connectivity index is 1.59. The molecule has 0 bridgehead atoms. The topological polar surface area (TPSA) is 21.3 Å². The quantitative estimate of drug-likeness (QED) is 0.882. The lowest BCUT2D eigenvalue weighted by atomic mass is 9.77. The lowest BCUT2D eigenvalue weighted by molar-refractivity contribution is 0.415. The SMILES string of the molecule is COc1ccc(NCC2Cc3ccccc32)cc1. The predicted octanol–water partition coefficient (Wildman–Crippen LogP) is 3.45. The molecular weight excluding hydrogens is 222 g/mol. The second-order valence-corrected chi connectivity index (χ2v) is 4.71. The zero-order valence-electron chi connectivity index (χ0n) is 10.5. The molecule has 1 aliphatic carbocycles. The highest BCUT2D eigenvalue weighted by molar-refractivity contribution is 5.48. The Morgan fingerprint density at radius 2 is 1.89 bits per heavy atom. The third kappa shape index (κ3) is 2.06. The van der Waals surface area contributed by atoms with Crippen molar-refractivity contribution in [1.29, 1.82) is 0 Å². The molecule has 0 fully saturated rings. The largest absolute Gasteiger partial charge is 0.497 e. The van der Waals surface area contributed by atoms with Gasteiger partial charge in [0, 0.05) is 18.2 Å². The third-order valence-corrected chi connectivity index (χ3v) is 3.60. The summed E-state index contributed by atoms with van der Waals surface area (Å²) < 4.78 is 5.15. The van der Waals surface area contributed by atoms with Gasteiger partial charge in [-0.2, -0.15) is 0 Å². The van der Waals surface area contributed by atoms with Crippen LogP contribution in [0.4, 0.5) is 5.69 Å². The Kier molecular flexibility index (Phi) is 2.93. The van der Waals surface area contributed by atoms with Gasteiger partial charge in [-0.25, -0.2) is 0 Å². The molecular formula is C16H17NO. The van der Waals surface area contributed by atoms with Crippen LogP contribution in [-0.2, 0) is 6.42 Å². The summed E-state index contributed by atoms with van der Waals surface area (Å²) in [5.41, 5.74) is 4.15. The van der Waals surface area contributed by atoms with Crippen molar-refractivity contribution < 1.29 is 4.74 Å². The van der Waals surface area contributed by atoms with E-state index in [0.29, 0.717) is 5.92 Å². The van der Waals surface area contributed by atoms with Crippen molar-refractivity contribution in [2.75, 3.05) is 19.0 Å². The van der Waals surface area contributed by atoms with Crippen LogP contribution in [0.1, 0.15) is 17.0 Å². The first-order chi connectivity index (χ1) is 8.86. The highest BCUT2D eigenvalue weighted by Gasteiger charge is 2.24. The molecule has 0 radical (unpaired) electrons. The van der Waals surface area contributed by atoms with E-state index in [1.165, 1.54) is 17.5 Å². The maximum absolute atomic E-state index is 5.15. The molecule has 0 aliphatic heterocycles. The number of ether oxygens (including phenoxy) is 1. The van der Waals surface area contributed by atoms with Gasteiger partial charge in [0.15, 0.2) is 0 Å². The molecule has 18 heavy (non-hydrogen) atoms. The molecule has 0 amide bonds. The van der Waals surface area contributed by atoms with Crippen LogP contribution in [0.5, 0.6) is 5.75 Å². The number of hydrogen-bond acceptors (Lipinski definition) is 2. The van der Waals surface area contributed by atoms with E-state index in [0.717, 1.165) is 18.0 Å². The van der Waals surface area contributed by atoms with Crippen LogP contribution in [0.25, 0.3) is 0 Å². The fourth-order valence-corrected chi connectivity index (χ4v) is 2.49. The number of methoxy groups -OCH3 is 1. The van der Waals surface area contributed by atoms with E-state index in [2.05, 4.69) is 41.7 Å². The number of benzene rings is 2. The average molecular weight is 239 g/mol. The van der Waals surface area contributed by atoms with E-state index in [-0.39, 0.29) is 0 Å². The first-order valence-electron chi connectivity index (χ1n) is 6.32. The molecule has 3 rings (SSSR count). The van der Waals surface area contributed by atoms with Gasteiger partial charge in [-0.3, -0.25) is 0 Å². The Labute approximate surface area is 108 Å². The fourth-order valence-electron chi connectivity index (χ4n) is 2.49. The second-order valence-electron chi connectivity index (χ2n) is 4.71. The zero-order chi connectivity index (χ0) is 12.4. The van der Waals surface area contributed by atoms with Gasteiger partial charge >= 0.3 is 0 Å². The summed E-state index contributed by atoms with van der Waals surface area (Å²) in [6, 6.07) is 16.8. The van der Waals surface area contributed by atoms with E-state index >= 15 is 0 Å². The Morgan fingerprint density at radius 1 is 1.11 bits per heavy atom. The molecule has 2 aromatic carbocycles. The van der Waals surface area contributed by atoms with Gasteiger partial charge in [-0.15, -0.1) is 0 Å². The maximum Gasteiger partial charge on any atom is 0.119 e. The average Bonchev–Trinajstić information content (AvgIpc) is 2.40. The lowest BCUT2D eigenvalue weighted by Crippen LogP contribution is -2.24. The summed E-state index contributed by atoms with van der Waals surface area (Å²) in [4.78, 5) is 0. The summed E-state index contributed by atoms with van der Waals surface area (Å²) in [5.74, 6) is 1.55. The maximum atomic E-state index is 5.15. The van der Waals surface area contributed by atoms with E-state index < -0.39 is 0 Å². The summed E-state index contributed by atoms with van der Waals surface area (Å²) in [6.45, 7) is 1.00. The molecule has 0 heterocycles. The van der Waals surface area contributed by atoms with Crippen LogP contribution in [0.2, 0.25) is 0 Å². The summed E-state index contributed by atoms with van der Waals surface area (Å²) in [7, 11) is 1.69. The van der Waals surface area contributed by atoms with E-state index in [4.69, 9.17) is 4.74 Å². The van der Waals surface area contributed by atoms with Gasteiger partial charge in [-0.05, 0) is 41.8 Å². The van der Waals surface area contributed by atoms with Crippen LogP contribution >= 0.6 is 0 Å². The minimum atomic E-state index is 0.656. The van der Waals surface area contributed by atoms with Crippen LogP contribution in [0, 0.1) is 0 Å². The summed E-state index contributed by atoms with van der Waals surface area (Å²) >= 11 is 0. The predicted molar refractivity (Wildman–Crippen MR) is 74.4 cm³/mol. The first-order valence-corrected chi connectivity index (χ1v) is 6.32. The monoisotopic (exact) mass is 239 g/mol. The molecule has 0 spiro atoms. The van der Waals surface area contributed by atoms with Crippen LogP contribution in [0.3, 0.4) is 0 Å². The van der Waals surface area contributed by atoms with Gasteiger partial charge in [0.1, 0.15) is 5.75 Å². The minimum Gasteiger partial charge on any atom is -0.497 e. The molecule has 0 saturated carbocycles. The molecule has 2 heteroatoms. The molecule has 2 aromatic rings. The van der Waals surface area contributed by atoms with E-state index in [1.807, 2.05) is 12.1 Å². The van der Waals surface area contributed by atoms with Crippen LogP contribution < -0.4 is 10.1 Å². The number of rotatable bonds is 4. The number of nitrogens with one attached hydrogen (secondary N) is 1. The van der Waals surface area contributed by atoms with Gasteiger partial charge in [-0.1, -0.05) is 24.3 Å². The number of anilines is 1. The van der Waals surface area contributed by atoms with Crippen LogP contribution in [0.15, 0.2) is 48.5 Å². The van der Waals surface area contributed by atoms with Gasteiger partial charge in [0.05, 0.1) is 7.11 Å². The molecule has 92 valence electrons. The molecule has 0 saturated heterocycles. The molecule has 0 aromatic heterocycles. The summed E-state index contributed by atoms with van der Waals surface area (Å²) in [5, 5.41) is 3.48. The van der Waals surface area contributed by atoms with Crippen molar-refractivity contribution in [2.45, 2.75) is 12.3 Å². The summed E-state index contributed by atoms with van der Waals surface area (Å²) in [6.07, 6.45) is 1.19. The van der Waals surface area contributed by atoms with Gasteiger partial charge in [0.25, 0.3) is 0 Å². The molecule has 1 unspecified atom stereocenters. The number of fused-ring (bicyclic) bond motifs is 1. The van der Waals surface area contributed by atoms with Crippen molar-refractivity contribution in [2.24, 2.45) is 0 Å². The third-order valence-electron chi connectivity index (χ3n) is 3.60. The smallest absolute Gasteiger partial charge is 0.119 e. The van der Waals surface area contributed by atoms with Crippen molar-refractivity contribution in [3.05, 3.63) is 59.7 Å². The van der Waals surface area contributed by atoms with Gasteiger partial charge in [0.2, 0.25) is 0 Å².